The Morgan fingerprint density at radius 3 is 2.73 bits per heavy atom. The highest BCUT2D eigenvalue weighted by Gasteiger charge is 2.17. The molecule has 1 saturated heterocycles. The SMILES string of the molecule is Cc1cc(Cl)ccc1Nc1nccc(N2CCC(C)CC2)n1. The summed E-state index contributed by atoms with van der Waals surface area (Å²) in [5, 5.41) is 4.02. The van der Waals surface area contributed by atoms with Gasteiger partial charge in [0.25, 0.3) is 0 Å². The third-order valence-electron chi connectivity index (χ3n) is 4.18. The fourth-order valence-electron chi connectivity index (χ4n) is 2.71. The molecule has 0 bridgehead atoms. The molecule has 1 aliphatic heterocycles. The maximum atomic E-state index is 5.99. The first kappa shape index (κ1) is 15.1. The van der Waals surface area contributed by atoms with Gasteiger partial charge in [-0.25, -0.2) is 4.98 Å². The number of aromatic nitrogens is 2. The van der Waals surface area contributed by atoms with Crippen molar-refractivity contribution in [2.24, 2.45) is 5.92 Å². The molecule has 0 saturated carbocycles. The molecule has 0 atom stereocenters. The van der Waals surface area contributed by atoms with Crippen LogP contribution < -0.4 is 10.2 Å². The van der Waals surface area contributed by atoms with Crippen LogP contribution in [0.2, 0.25) is 5.02 Å². The van der Waals surface area contributed by atoms with Crippen LogP contribution in [-0.2, 0) is 0 Å². The van der Waals surface area contributed by atoms with Crippen molar-refractivity contribution in [1.29, 1.82) is 0 Å². The van der Waals surface area contributed by atoms with Crippen LogP contribution in [0.1, 0.15) is 25.3 Å². The van der Waals surface area contributed by atoms with E-state index in [2.05, 4.69) is 27.1 Å². The van der Waals surface area contributed by atoms with Crippen molar-refractivity contribution >= 4 is 29.1 Å². The van der Waals surface area contributed by atoms with E-state index in [1.807, 2.05) is 37.4 Å². The summed E-state index contributed by atoms with van der Waals surface area (Å²) in [5.74, 6) is 2.44. The molecule has 2 heterocycles. The summed E-state index contributed by atoms with van der Waals surface area (Å²) in [6.07, 6.45) is 4.26. The van der Waals surface area contributed by atoms with Crippen molar-refractivity contribution in [3.63, 3.8) is 0 Å². The molecule has 1 N–H and O–H groups in total. The highest BCUT2D eigenvalue weighted by atomic mass is 35.5. The number of halogens is 1. The van der Waals surface area contributed by atoms with Crippen LogP contribution in [0.3, 0.4) is 0 Å². The Hall–Kier alpha value is -1.81. The van der Waals surface area contributed by atoms with Crippen molar-refractivity contribution in [2.45, 2.75) is 26.7 Å². The van der Waals surface area contributed by atoms with Gasteiger partial charge in [0.15, 0.2) is 0 Å². The van der Waals surface area contributed by atoms with E-state index < -0.39 is 0 Å². The minimum atomic E-state index is 0.626. The second kappa shape index (κ2) is 6.53. The van der Waals surface area contributed by atoms with Gasteiger partial charge in [-0.05, 0) is 55.5 Å². The molecule has 2 aromatic rings. The lowest BCUT2D eigenvalue weighted by atomic mass is 9.99. The van der Waals surface area contributed by atoms with Crippen molar-refractivity contribution in [1.82, 2.24) is 9.97 Å². The Morgan fingerprint density at radius 2 is 2.00 bits per heavy atom. The molecule has 0 aliphatic carbocycles. The van der Waals surface area contributed by atoms with E-state index in [1.54, 1.807) is 0 Å². The van der Waals surface area contributed by atoms with Gasteiger partial charge in [0, 0.05) is 30.0 Å². The first-order valence-electron chi connectivity index (χ1n) is 7.73. The number of rotatable bonds is 3. The zero-order valence-corrected chi connectivity index (χ0v) is 13.8. The number of piperidine rings is 1. The average molecular weight is 317 g/mol. The summed E-state index contributed by atoms with van der Waals surface area (Å²) < 4.78 is 0. The first-order chi connectivity index (χ1) is 10.6. The summed E-state index contributed by atoms with van der Waals surface area (Å²) in [6, 6.07) is 7.73. The Labute approximate surface area is 136 Å². The van der Waals surface area contributed by atoms with Gasteiger partial charge < -0.3 is 10.2 Å². The van der Waals surface area contributed by atoms with Gasteiger partial charge in [0.05, 0.1) is 0 Å². The quantitative estimate of drug-likeness (QED) is 0.910. The number of nitrogens with one attached hydrogen (secondary N) is 1. The molecule has 3 rings (SSSR count). The standard InChI is InChI=1S/C17H21ClN4/c1-12-6-9-22(10-7-12)16-5-8-19-17(21-16)20-15-4-3-14(18)11-13(15)2/h3-5,8,11-12H,6-7,9-10H2,1-2H3,(H,19,20,21). The topological polar surface area (TPSA) is 41.1 Å². The van der Waals surface area contributed by atoms with Crippen molar-refractivity contribution in [3.05, 3.63) is 41.0 Å². The second-order valence-corrected chi connectivity index (χ2v) is 6.43. The normalized spacial score (nSPS) is 15.9. The zero-order valence-electron chi connectivity index (χ0n) is 13.0. The Morgan fingerprint density at radius 1 is 1.23 bits per heavy atom. The Balaban J connectivity index is 1.76. The van der Waals surface area contributed by atoms with Crippen LogP contribution in [0, 0.1) is 12.8 Å². The molecule has 0 spiro atoms. The zero-order chi connectivity index (χ0) is 15.5. The van der Waals surface area contributed by atoms with E-state index in [9.17, 15) is 0 Å². The number of hydrogen-bond donors (Lipinski definition) is 1. The average Bonchev–Trinajstić information content (AvgIpc) is 2.51. The van der Waals surface area contributed by atoms with Crippen molar-refractivity contribution < 1.29 is 0 Å². The monoisotopic (exact) mass is 316 g/mol. The highest BCUT2D eigenvalue weighted by molar-refractivity contribution is 6.30. The molecular weight excluding hydrogens is 296 g/mol. The molecular formula is C17H21ClN4. The van der Waals surface area contributed by atoms with E-state index in [1.165, 1.54) is 12.8 Å². The Kier molecular flexibility index (Phi) is 4.48. The summed E-state index contributed by atoms with van der Waals surface area (Å²) in [6.45, 7) is 6.47. The molecule has 0 unspecified atom stereocenters. The van der Waals surface area contributed by atoms with Gasteiger partial charge in [-0.2, -0.15) is 4.98 Å². The van der Waals surface area contributed by atoms with Crippen LogP contribution in [0.25, 0.3) is 0 Å². The predicted molar refractivity (Wildman–Crippen MR) is 92.1 cm³/mol. The molecule has 1 fully saturated rings. The number of aryl methyl sites for hydroxylation is 1. The summed E-state index contributed by atoms with van der Waals surface area (Å²) >= 11 is 5.99. The second-order valence-electron chi connectivity index (χ2n) is 5.99. The molecule has 4 nitrogen and oxygen atoms in total. The van der Waals surface area contributed by atoms with Gasteiger partial charge in [-0.3, -0.25) is 0 Å². The smallest absolute Gasteiger partial charge is 0.229 e. The Bertz CT molecular complexity index is 651. The number of benzene rings is 1. The third kappa shape index (κ3) is 3.50. The lowest BCUT2D eigenvalue weighted by Gasteiger charge is -2.31. The van der Waals surface area contributed by atoms with Crippen LogP contribution in [-0.4, -0.2) is 23.1 Å². The fourth-order valence-corrected chi connectivity index (χ4v) is 2.94. The van der Waals surface area contributed by atoms with Crippen LogP contribution in [0.15, 0.2) is 30.5 Å². The maximum absolute atomic E-state index is 5.99. The molecule has 0 amide bonds. The molecule has 1 aromatic carbocycles. The van der Waals surface area contributed by atoms with Gasteiger partial charge in [-0.15, -0.1) is 0 Å². The molecule has 5 heteroatoms. The molecule has 116 valence electrons. The lowest BCUT2D eigenvalue weighted by Crippen LogP contribution is -2.33. The minimum absolute atomic E-state index is 0.626. The summed E-state index contributed by atoms with van der Waals surface area (Å²) in [5.41, 5.74) is 2.06. The van der Waals surface area contributed by atoms with Crippen LogP contribution in [0.4, 0.5) is 17.5 Å². The molecule has 0 radical (unpaired) electrons. The van der Waals surface area contributed by atoms with Crippen LogP contribution in [0.5, 0.6) is 0 Å². The van der Waals surface area contributed by atoms with Gasteiger partial charge >= 0.3 is 0 Å². The van der Waals surface area contributed by atoms with Gasteiger partial charge in [0.1, 0.15) is 5.82 Å². The van der Waals surface area contributed by atoms with Gasteiger partial charge in [0.2, 0.25) is 5.95 Å². The lowest BCUT2D eigenvalue weighted by molar-refractivity contribution is 0.436. The molecule has 22 heavy (non-hydrogen) atoms. The highest BCUT2D eigenvalue weighted by Crippen LogP contribution is 2.24. The minimum Gasteiger partial charge on any atom is -0.356 e. The van der Waals surface area contributed by atoms with E-state index in [-0.39, 0.29) is 0 Å². The fraction of sp³-hybridized carbons (Fsp3) is 0.412. The molecule has 1 aromatic heterocycles. The first-order valence-corrected chi connectivity index (χ1v) is 8.11. The van der Waals surface area contributed by atoms with E-state index in [4.69, 9.17) is 11.6 Å². The number of nitrogens with zero attached hydrogens (tertiary/aromatic N) is 3. The summed E-state index contributed by atoms with van der Waals surface area (Å²) in [4.78, 5) is 11.3. The largest absolute Gasteiger partial charge is 0.356 e. The number of anilines is 3. The maximum Gasteiger partial charge on any atom is 0.229 e. The van der Waals surface area contributed by atoms with Crippen molar-refractivity contribution in [2.75, 3.05) is 23.3 Å². The molecule has 1 aliphatic rings. The van der Waals surface area contributed by atoms with Gasteiger partial charge in [-0.1, -0.05) is 18.5 Å². The predicted octanol–water partition coefficient (Wildman–Crippen LogP) is 4.42. The van der Waals surface area contributed by atoms with E-state index in [0.29, 0.717) is 5.95 Å². The van der Waals surface area contributed by atoms with Crippen LogP contribution >= 0.6 is 11.6 Å². The van der Waals surface area contributed by atoms with E-state index >= 15 is 0 Å². The number of hydrogen-bond acceptors (Lipinski definition) is 4. The van der Waals surface area contributed by atoms with Crippen molar-refractivity contribution in [3.8, 4) is 0 Å². The third-order valence-corrected chi connectivity index (χ3v) is 4.42. The van der Waals surface area contributed by atoms with E-state index in [0.717, 1.165) is 41.1 Å². The summed E-state index contributed by atoms with van der Waals surface area (Å²) in [7, 11) is 0.